The summed E-state index contributed by atoms with van der Waals surface area (Å²) in [6, 6.07) is 12.4. The van der Waals surface area contributed by atoms with Crippen LogP contribution in [0.15, 0.2) is 48.8 Å². The van der Waals surface area contributed by atoms with E-state index in [-0.39, 0.29) is 6.04 Å². The van der Waals surface area contributed by atoms with Crippen molar-refractivity contribution in [1.82, 2.24) is 9.88 Å². The van der Waals surface area contributed by atoms with E-state index in [9.17, 15) is 0 Å². The second-order valence-electron chi connectivity index (χ2n) is 5.32. The minimum Gasteiger partial charge on any atom is -0.492 e. The Kier molecular flexibility index (Phi) is 5.58. The maximum atomic E-state index is 5.68. The minimum absolute atomic E-state index is 0.244. The van der Waals surface area contributed by atoms with Gasteiger partial charge >= 0.3 is 0 Å². The lowest BCUT2D eigenvalue weighted by Crippen LogP contribution is -2.19. The van der Waals surface area contributed by atoms with Gasteiger partial charge in [-0.05, 0) is 63.0 Å². The van der Waals surface area contributed by atoms with Gasteiger partial charge in [-0.2, -0.15) is 0 Å². The summed E-state index contributed by atoms with van der Waals surface area (Å²) >= 11 is 0. The topological polar surface area (TPSA) is 37.4 Å². The maximum Gasteiger partial charge on any atom is 0.119 e. The lowest BCUT2D eigenvalue weighted by Gasteiger charge is -2.16. The first kappa shape index (κ1) is 15.3. The predicted octanol–water partition coefficient (Wildman–Crippen LogP) is 3.20. The van der Waals surface area contributed by atoms with Crippen molar-refractivity contribution >= 4 is 5.69 Å². The van der Waals surface area contributed by atoms with Gasteiger partial charge in [-0.1, -0.05) is 0 Å². The van der Waals surface area contributed by atoms with Crippen LogP contribution in [0.25, 0.3) is 0 Å². The van der Waals surface area contributed by atoms with Crippen molar-refractivity contribution in [3.05, 3.63) is 54.4 Å². The number of nitrogens with zero attached hydrogens (tertiary/aromatic N) is 2. The summed E-state index contributed by atoms with van der Waals surface area (Å²) in [6.07, 6.45) is 3.63. The fourth-order valence-corrected chi connectivity index (χ4v) is 1.98. The van der Waals surface area contributed by atoms with Crippen LogP contribution in [0.5, 0.6) is 5.75 Å². The lowest BCUT2D eigenvalue weighted by molar-refractivity contribution is 0.261. The number of anilines is 1. The number of benzene rings is 1. The molecular weight excluding hydrogens is 262 g/mol. The van der Waals surface area contributed by atoms with E-state index in [1.807, 2.05) is 62.9 Å². The summed E-state index contributed by atoms with van der Waals surface area (Å²) in [5, 5.41) is 3.47. The van der Waals surface area contributed by atoms with Crippen molar-refractivity contribution in [1.29, 1.82) is 0 Å². The van der Waals surface area contributed by atoms with E-state index in [1.54, 1.807) is 0 Å². The summed E-state index contributed by atoms with van der Waals surface area (Å²) in [4.78, 5) is 6.14. The molecule has 0 aliphatic rings. The summed E-state index contributed by atoms with van der Waals surface area (Å²) < 4.78 is 5.68. The second kappa shape index (κ2) is 7.64. The first-order valence-electron chi connectivity index (χ1n) is 7.19. The number of rotatable bonds is 7. The molecule has 1 heterocycles. The zero-order valence-corrected chi connectivity index (χ0v) is 12.9. The third kappa shape index (κ3) is 5.08. The summed E-state index contributed by atoms with van der Waals surface area (Å²) in [5.74, 6) is 0.902. The zero-order chi connectivity index (χ0) is 15.1. The molecule has 0 bridgehead atoms. The highest BCUT2D eigenvalue weighted by Gasteiger charge is 2.04. The molecule has 1 atom stereocenters. The largest absolute Gasteiger partial charge is 0.492 e. The van der Waals surface area contributed by atoms with Gasteiger partial charge in [0.25, 0.3) is 0 Å². The molecule has 0 radical (unpaired) electrons. The second-order valence-corrected chi connectivity index (χ2v) is 5.32. The van der Waals surface area contributed by atoms with Gasteiger partial charge in [0.2, 0.25) is 0 Å². The molecule has 0 saturated heterocycles. The molecule has 0 spiro atoms. The molecule has 1 N–H and O–H groups in total. The van der Waals surface area contributed by atoms with Crippen LogP contribution < -0.4 is 10.1 Å². The summed E-state index contributed by atoms with van der Waals surface area (Å²) in [7, 11) is 4.08. The normalized spacial score (nSPS) is 12.2. The molecule has 4 heteroatoms. The summed E-state index contributed by atoms with van der Waals surface area (Å²) in [6.45, 7) is 3.75. The molecule has 1 aromatic carbocycles. The highest BCUT2D eigenvalue weighted by molar-refractivity contribution is 5.48. The fourth-order valence-electron chi connectivity index (χ4n) is 1.98. The van der Waals surface area contributed by atoms with E-state index in [0.29, 0.717) is 6.61 Å². The number of aromatic nitrogens is 1. The van der Waals surface area contributed by atoms with Gasteiger partial charge in [0.05, 0.1) is 0 Å². The van der Waals surface area contributed by atoms with E-state index in [1.165, 1.54) is 5.56 Å². The Labute approximate surface area is 126 Å². The van der Waals surface area contributed by atoms with Crippen molar-refractivity contribution < 1.29 is 4.74 Å². The van der Waals surface area contributed by atoms with Gasteiger partial charge in [-0.3, -0.25) is 4.98 Å². The van der Waals surface area contributed by atoms with Crippen LogP contribution in [0.4, 0.5) is 5.69 Å². The fraction of sp³-hybridized carbons (Fsp3) is 0.353. The Bertz CT molecular complexity index is 525. The van der Waals surface area contributed by atoms with Gasteiger partial charge in [-0.15, -0.1) is 0 Å². The highest BCUT2D eigenvalue weighted by atomic mass is 16.5. The lowest BCUT2D eigenvalue weighted by atomic mass is 10.1. The molecule has 0 aliphatic carbocycles. The average Bonchev–Trinajstić information content (AvgIpc) is 2.49. The van der Waals surface area contributed by atoms with E-state index in [4.69, 9.17) is 4.74 Å². The van der Waals surface area contributed by atoms with Gasteiger partial charge in [0.15, 0.2) is 0 Å². The number of ether oxygens (including phenoxy) is 1. The van der Waals surface area contributed by atoms with Gasteiger partial charge in [0.1, 0.15) is 12.4 Å². The zero-order valence-electron chi connectivity index (χ0n) is 12.9. The van der Waals surface area contributed by atoms with Crippen molar-refractivity contribution in [3.63, 3.8) is 0 Å². The molecule has 2 rings (SSSR count). The molecule has 21 heavy (non-hydrogen) atoms. The SMILES string of the molecule is CC(Nc1ccc(OCCN(C)C)cc1)c1ccncc1. The van der Waals surface area contributed by atoms with Crippen LogP contribution in [0.1, 0.15) is 18.5 Å². The summed E-state index contributed by atoms with van der Waals surface area (Å²) in [5.41, 5.74) is 2.30. The minimum atomic E-state index is 0.244. The molecular formula is C17H23N3O. The molecule has 1 aromatic heterocycles. The maximum absolute atomic E-state index is 5.68. The number of hydrogen-bond acceptors (Lipinski definition) is 4. The van der Waals surface area contributed by atoms with E-state index >= 15 is 0 Å². The third-order valence-electron chi connectivity index (χ3n) is 3.25. The van der Waals surface area contributed by atoms with Crippen LogP contribution in [0.2, 0.25) is 0 Å². The molecule has 4 nitrogen and oxygen atoms in total. The van der Waals surface area contributed by atoms with Crippen LogP contribution >= 0.6 is 0 Å². The average molecular weight is 285 g/mol. The Hall–Kier alpha value is -2.07. The van der Waals surface area contributed by atoms with E-state index in [2.05, 4.69) is 22.1 Å². The number of likely N-dealkylation sites (N-methyl/N-ethyl adjacent to an activating group) is 1. The predicted molar refractivity (Wildman–Crippen MR) is 86.8 cm³/mol. The molecule has 0 saturated carbocycles. The molecule has 0 aliphatic heterocycles. The molecule has 1 unspecified atom stereocenters. The van der Waals surface area contributed by atoms with Crippen molar-refractivity contribution in [2.24, 2.45) is 0 Å². The van der Waals surface area contributed by atoms with Crippen LogP contribution in [-0.4, -0.2) is 37.1 Å². The van der Waals surface area contributed by atoms with Gasteiger partial charge in [0, 0.05) is 30.7 Å². The van der Waals surface area contributed by atoms with Crippen molar-refractivity contribution in [2.45, 2.75) is 13.0 Å². The quantitative estimate of drug-likeness (QED) is 0.847. The van der Waals surface area contributed by atoms with Gasteiger partial charge in [-0.25, -0.2) is 0 Å². The monoisotopic (exact) mass is 285 g/mol. The highest BCUT2D eigenvalue weighted by Crippen LogP contribution is 2.21. The molecule has 0 fully saturated rings. The Balaban J connectivity index is 1.87. The number of nitrogens with one attached hydrogen (secondary N) is 1. The van der Waals surface area contributed by atoms with E-state index in [0.717, 1.165) is 18.0 Å². The Morgan fingerprint density at radius 3 is 2.38 bits per heavy atom. The van der Waals surface area contributed by atoms with Crippen molar-refractivity contribution in [3.8, 4) is 5.75 Å². The van der Waals surface area contributed by atoms with Crippen LogP contribution in [0.3, 0.4) is 0 Å². The van der Waals surface area contributed by atoms with Crippen LogP contribution in [-0.2, 0) is 0 Å². The molecule has 112 valence electrons. The standard InChI is InChI=1S/C17H23N3O/c1-14(15-8-10-18-11-9-15)19-16-4-6-17(7-5-16)21-13-12-20(2)3/h4-11,14,19H,12-13H2,1-3H3. The number of pyridine rings is 1. The number of hydrogen-bond donors (Lipinski definition) is 1. The van der Waals surface area contributed by atoms with E-state index < -0.39 is 0 Å². The van der Waals surface area contributed by atoms with Gasteiger partial charge < -0.3 is 15.0 Å². The Morgan fingerprint density at radius 1 is 1.10 bits per heavy atom. The first-order valence-corrected chi connectivity index (χ1v) is 7.19. The smallest absolute Gasteiger partial charge is 0.119 e. The Morgan fingerprint density at radius 2 is 1.76 bits per heavy atom. The molecule has 0 amide bonds. The third-order valence-corrected chi connectivity index (χ3v) is 3.25. The van der Waals surface area contributed by atoms with Crippen LogP contribution in [0, 0.1) is 0 Å². The first-order chi connectivity index (χ1) is 10.1. The van der Waals surface area contributed by atoms with Crippen molar-refractivity contribution in [2.75, 3.05) is 32.6 Å². The molecule has 2 aromatic rings.